The van der Waals surface area contributed by atoms with Gasteiger partial charge in [0, 0.05) is 11.3 Å². The standard InChI is InChI=1S/C25H20N2O4S2/c1-30-20-14-8-9-17(23(20)31-16-22(28)26-18-10-4-2-5-11-18)15-21-24(29)27(25(32)33-21)19-12-6-3-7-13-19/h2-15H,16H2,1H3,(H,26,28)/b21-15+. The maximum absolute atomic E-state index is 13.1. The molecule has 0 radical (unpaired) electrons. The number of nitrogens with zero attached hydrogens (tertiary/aromatic N) is 1. The lowest BCUT2D eigenvalue weighted by Crippen LogP contribution is -2.27. The number of carbonyl (C=O) groups excluding carboxylic acids is 2. The SMILES string of the molecule is COc1cccc(/C=C2/SC(=S)N(c3ccccc3)C2=O)c1OCC(=O)Nc1ccccc1. The number of para-hydroxylation sites is 3. The van der Waals surface area contributed by atoms with Crippen molar-refractivity contribution in [2.45, 2.75) is 0 Å². The van der Waals surface area contributed by atoms with Crippen molar-refractivity contribution in [3.8, 4) is 11.5 Å². The molecule has 1 saturated heterocycles. The van der Waals surface area contributed by atoms with Crippen molar-refractivity contribution in [2.24, 2.45) is 0 Å². The van der Waals surface area contributed by atoms with Crippen LogP contribution in [0.4, 0.5) is 11.4 Å². The smallest absolute Gasteiger partial charge is 0.270 e. The zero-order chi connectivity index (χ0) is 23.2. The van der Waals surface area contributed by atoms with Gasteiger partial charge >= 0.3 is 0 Å². The van der Waals surface area contributed by atoms with Crippen LogP contribution in [-0.4, -0.2) is 29.9 Å². The molecule has 1 heterocycles. The average Bonchev–Trinajstić information content (AvgIpc) is 3.11. The molecule has 166 valence electrons. The largest absolute Gasteiger partial charge is 0.493 e. The first-order valence-electron chi connectivity index (χ1n) is 10.0. The van der Waals surface area contributed by atoms with E-state index < -0.39 is 0 Å². The highest BCUT2D eigenvalue weighted by Gasteiger charge is 2.33. The molecule has 0 atom stereocenters. The van der Waals surface area contributed by atoms with Gasteiger partial charge in [-0.15, -0.1) is 0 Å². The number of hydrogen-bond acceptors (Lipinski definition) is 6. The fourth-order valence-electron chi connectivity index (χ4n) is 3.23. The van der Waals surface area contributed by atoms with Crippen LogP contribution in [0.5, 0.6) is 11.5 Å². The van der Waals surface area contributed by atoms with E-state index >= 15 is 0 Å². The van der Waals surface area contributed by atoms with Crippen LogP contribution in [0, 0.1) is 0 Å². The zero-order valence-corrected chi connectivity index (χ0v) is 19.3. The molecular formula is C25H20N2O4S2. The molecule has 1 N–H and O–H groups in total. The van der Waals surface area contributed by atoms with Crippen molar-refractivity contribution in [2.75, 3.05) is 23.9 Å². The van der Waals surface area contributed by atoms with Crippen molar-refractivity contribution in [1.82, 2.24) is 0 Å². The summed E-state index contributed by atoms with van der Waals surface area (Å²) in [6, 6.07) is 23.7. The minimum atomic E-state index is -0.312. The lowest BCUT2D eigenvalue weighted by molar-refractivity contribution is -0.118. The van der Waals surface area contributed by atoms with Crippen LogP contribution in [0.2, 0.25) is 0 Å². The highest BCUT2D eigenvalue weighted by atomic mass is 32.2. The number of hydrogen-bond donors (Lipinski definition) is 1. The molecule has 1 fully saturated rings. The van der Waals surface area contributed by atoms with Gasteiger partial charge in [0.2, 0.25) is 0 Å². The summed E-state index contributed by atoms with van der Waals surface area (Å²) in [6.07, 6.45) is 1.70. The molecule has 1 aliphatic heterocycles. The van der Waals surface area contributed by atoms with Gasteiger partial charge in [-0.3, -0.25) is 14.5 Å². The Morgan fingerprint density at radius 1 is 1.03 bits per heavy atom. The number of thioether (sulfide) groups is 1. The van der Waals surface area contributed by atoms with E-state index in [0.29, 0.717) is 37.7 Å². The van der Waals surface area contributed by atoms with Crippen molar-refractivity contribution in [3.05, 3.63) is 89.3 Å². The van der Waals surface area contributed by atoms with E-state index in [4.69, 9.17) is 21.7 Å². The summed E-state index contributed by atoms with van der Waals surface area (Å²) in [5, 5.41) is 2.78. The van der Waals surface area contributed by atoms with Crippen LogP contribution >= 0.6 is 24.0 Å². The molecule has 8 heteroatoms. The van der Waals surface area contributed by atoms with E-state index in [-0.39, 0.29) is 18.4 Å². The van der Waals surface area contributed by atoms with Gasteiger partial charge in [0.15, 0.2) is 22.4 Å². The first-order chi connectivity index (χ1) is 16.1. The number of thiocarbonyl (C=S) groups is 1. The summed E-state index contributed by atoms with van der Waals surface area (Å²) in [5.74, 6) is 0.295. The van der Waals surface area contributed by atoms with Crippen molar-refractivity contribution in [1.29, 1.82) is 0 Å². The molecule has 4 rings (SSSR count). The van der Waals surface area contributed by atoms with Gasteiger partial charge in [0.05, 0.1) is 17.7 Å². The fraction of sp³-hybridized carbons (Fsp3) is 0.0800. The highest BCUT2D eigenvalue weighted by molar-refractivity contribution is 8.27. The number of benzene rings is 3. The number of ether oxygens (including phenoxy) is 2. The summed E-state index contributed by atoms with van der Waals surface area (Å²) >= 11 is 6.65. The number of nitrogens with one attached hydrogen (secondary N) is 1. The third-order valence-corrected chi connectivity index (χ3v) is 6.03. The molecule has 0 unspecified atom stereocenters. The summed E-state index contributed by atoms with van der Waals surface area (Å²) in [4.78, 5) is 27.4. The second-order valence-corrected chi connectivity index (χ2v) is 8.61. The van der Waals surface area contributed by atoms with E-state index in [1.54, 1.807) is 36.4 Å². The van der Waals surface area contributed by atoms with Gasteiger partial charge in [-0.1, -0.05) is 72.5 Å². The Hall–Kier alpha value is -3.62. The number of methoxy groups -OCH3 is 1. The monoisotopic (exact) mass is 476 g/mol. The van der Waals surface area contributed by atoms with E-state index in [0.717, 1.165) is 0 Å². The molecule has 0 spiro atoms. The zero-order valence-electron chi connectivity index (χ0n) is 17.7. The maximum atomic E-state index is 13.1. The van der Waals surface area contributed by atoms with Crippen LogP contribution in [0.3, 0.4) is 0 Å². The molecule has 2 amide bonds. The van der Waals surface area contributed by atoms with Gasteiger partial charge in [-0.25, -0.2) is 0 Å². The lowest BCUT2D eigenvalue weighted by Gasteiger charge is -2.14. The first kappa shape index (κ1) is 22.6. The molecule has 1 aliphatic rings. The lowest BCUT2D eigenvalue weighted by atomic mass is 10.1. The van der Waals surface area contributed by atoms with Gasteiger partial charge in [-0.05, 0) is 36.4 Å². The van der Waals surface area contributed by atoms with Crippen LogP contribution in [0.1, 0.15) is 5.56 Å². The van der Waals surface area contributed by atoms with E-state index in [2.05, 4.69) is 5.32 Å². The van der Waals surface area contributed by atoms with Crippen LogP contribution in [-0.2, 0) is 9.59 Å². The predicted octanol–water partition coefficient (Wildman–Crippen LogP) is 5.12. The Balaban J connectivity index is 1.56. The topological polar surface area (TPSA) is 67.9 Å². The average molecular weight is 477 g/mol. The molecule has 3 aromatic rings. The second kappa shape index (κ2) is 10.3. The first-order valence-corrected chi connectivity index (χ1v) is 11.3. The van der Waals surface area contributed by atoms with Gasteiger partial charge in [0.1, 0.15) is 0 Å². The number of anilines is 2. The Labute approximate surface area is 201 Å². The quantitative estimate of drug-likeness (QED) is 0.377. The van der Waals surface area contributed by atoms with Crippen LogP contribution < -0.4 is 19.7 Å². The number of amides is 2. The minimum absolute atomic E-state index is 0.216. The summed E-state index contributed by atoms with van der Waals surface area (Å²) in [5.41, 5.74) is 1.99. The maximum Gasteiger partial charge on any atom is 0.270 e. The van der Waals surface area contributed by atoms with Crippen molar-refractivity contribution >= 4 is 57.6 Å². The molecule has 0 aromatic heterocycles. The Morgan fingerprint density at radius 3 is 2.42 bits per heavy atom. The molecule has 0 aliphatic carbocycles. The normalized spacial score (nSPS) is 14.5. The minimum Gasteiger partial charge on any atom is -0.493 e. The fourth-order valence-corrected chi connectivity index (χ4v) is 4.52. The molecule has 0 saturated carbocycles. The van der Waals surface area contributed by atoms with Gasteiger partial charge < -0.3 is 14.8 Å². The summed E-state index contributed by atoms with van der Waals surface area (Å²) < 4.78 is 11.7. The summed E-state index contributed by atoms with van der Waals surface area (Å²) in [7, 11) is 1.52. The van der Waals surface area contributed by atoms with Gasteiger partial charge in [0.25, 0.3) is 11.8 Å². The number of carbonyl (C=O) groups is 2. The van der Waals surface area contributed by atoms with E-state index in [1.807, 2.05) is 48.5 Å². The second-order valence-electron chi connectivity index (χ2n) is 6.93. The molecule has 6 nitrogen and oxygen atoms in total. The van der Waals surface area contributed by atoms with E-state index in [9.17, 15) is 9.59 Å². The summed E-state index contributed by atoms with van der Waals surface area (Å²) in [6.45, 7) is -0.221. The third kappa shape index (κ3) is 5.24. The van der Waals surface area contributed by atoms with Crippen LogP contribution in [0.15, 0.2) is 83.8 Å². The third-order valence-electron chi connectivity index (χ3n) is 4.73. The Bertz CT molecular complexity index is 1210. The number of rotatable bonds is 7. The van der Waals surface area contributed by atoms with E-state index in [1.165, 1.54) is 23.8 Å². The highest BCUT2D eigenvalue weighted by Crippen LogP contribution is 2.39. The van der Waals surface area contributed by atoms with Gasteiger partial charge in [-0.2, -0.15) is 0 Å². The van der Waals surface area contributed by atoms with Crippen molar-refractivity contribution < 1.29 is 19.1 Å². The molecule has 3 aromatic carbocycles. The molecule has 33 heavy (non-hydrogen) atoms. The molecule has 0 bridgehead atoms. The van der Waals surface area contributed by atoms with Crippen LogP contribution in [0.25, 0.3) is 6.08 Å². The Kier molecular flexibility index (Phi) is 7.07. The molecular weight excluding hydrogens is 456 g/mol. The van der Waals surface area contributed by atoms with Crippen molar-refractivity contribution in [3.63, 3.8) is 0 Å². The Morgan fingerprint density at radius 2 is 1.73 bits per heavy atom. The predicted molar refractivity (Wildman–Crippen MR) is 136 cm³/mol.